The molecule has 0 fully saturated rings. The first-order chi connectivity index (χ1) is 8.97. The van der Waals surface area contributed by atoms with E-state index in [2.05, 4.69) is 10.3 Å². The van der Waals surface area contributed by atoms with Crippen LogP contribution in [0.3, 0.4) is 0 Å². The molecule has 0 amide bonds. The Balaban J connectivity index is 1.92. The molecule has 3 nitrogen and oxygen atoms in total. The molecular weight excluding hydrogens is 263 g/mol. The van der Waals surface area contributed by atoms with Crippen molar-refractivity contribution in [2.45, 2.75) is 26.0 Å². The Morgan fingerprint density at radius 1 is 1.37 bits per heavy atom. The van der Waals surface area contributed by atoms with Crippen LogP contribution in [0.15, 0.2) is 30.5 Å². The van der Waals surface area contributed by atoms with Crippen LogP contribution < -0.4 is 5.32 Å². The third kappa shape index (κ3) is 3.83. The van der Waals surface area contributed by atoms with Crippen LogP contribution >= 0.6 is 11.3 Å². The second-order valence-corrected chi connectivity index (χ2v) is 6.05. The van der Waals surface area contributed by atoms with E-state index in [0.29, 0.717) is 18.7 Å². The summed E-state index contributed by atoms with van der Waals surface area (Å²) in [5.74, 6) is -0.298. The SMILES string of the molecule is Cc1ncc(CNCC(C)(O)c2ccc(F)cc2)s1. The Bertz CT molecular complexity index is 537. The summed E-state index contributed by atoms with van der Waals surface area (Å²) in [6.07, 6.45) is 1.83. The molecule has 0 aliphatic heterocycles. The summed E-state index contributed by atoms with van der Waals surface area (Å²) in [5.41, 5.74) is -0.324. The first kappa shape index (κ1) is 14.1. The number of benzene rings is 1. The van der Waals surface area contributed by atoms with Crippen LogP contribution in [-0.2, 0) is 12.1 Å². The highest BCUT2D eigenvalue weighted by Gasteiger charge is 2.22. The van der Waals surface area contributed by atoms with Gasteiger partial charge in [-0.1, -0.05) is 12.1 Å². The second kappa shape index (κ2) is 5.77. The maximum Gasteiger partial charge on any atom is 0.123 e. The highest BCUT2D eigenvalue weighted by molar-refractivity contribution is 7.11. The third-order valence-electron chi connectivity index (χ3n) is 2.90. The van der Waals surface area contributed by atoms with E-state index in [9.17, 15) is 9.50 Å². The molecule has 2 N–H and O–H groups in total. The number of aryl methyl sites for hydroxylation is 1. The smallest absolute Gasteiger partial charge is 0.123 e. The molecule has 0 bridgehead atoms. The standard InChI is InChI=1S/C14H17FN2OS/c1-10-17-8-13(19-10)7-16-9-14(2,18)11-3-5-12(15)6-4-11/h3-6,8,16,18H,7,9H2,1-2H3. The molecule has 2 aromatic rings. The molecular formula is C14H17FN2OS. The minimum atomic E-state index is -1.02. The fourth-order valence-electron chi connectivity index (χ4n) is 1.83. The fourth-order valence-corrected chi connectivity index (χ4v) is 2.59. The van der Waals surface area contributed by atoms with Crippen molar-refractivity contribution in [3.05, 3.63) is 51.7 Å². The van der Waals surface area contributed by atoms with Crippen molar-refractivity contribution < 1.29 is 9.50 Å². The Morgan fingerprint density at radius 2 is 2.05 bits per heavy atom. The van der Waals surface area contributed by atoms with Crippen LogP contribution in [0.25, 0.3) is 0 Å². The van der Waals surface area contributed by atoms with Crippen molar-refractivity contribution in [1.82, 2.24) is 10.3 Å². The Kier molecular flexibility index (Phi) is 4.29. The molecule has 102 valence electrons. The van der Waals surface area contributed by atoms with Gasteiger partial charge in [0.15, 0.2) is 0 Å². The summed E-state index contributed by atoms with van der Waals surface area (Å²) in [4.78, 5) is 5.31. The van der Waals surface area contributed by atoms with Gasteiger partial charge in [0.2, 0.25) is 0 Å². The zero-order chi connectivity index (χ0) is 13.9. The number of halogens is 1. The van der Waals surface area contributed by atoms with Gasteiger partial charge < -0.3 is 10.4 Å². The van der Waals surface area contributed by atoms with E-state index in [0.717, 1.165) is 9.88 Å². The topological polar surface area (TPSA) is 45.2 Å². The number of hydrogen-bond acceptors (Lipinski definition) is 4. The monoisotopic (exact) mass is 280 g/mol. The highest BCUT2D eigenvalue weighted by Crippen LogP contribution is 2.20. The first-order valence-electron chi connectivity index (χ1n) is 6.08. The van der Waals surface area contributed by atoms with Gasteiger partial charge in [-0.3, -0.25) is 0 Å². The van der Waals surface area contributed by atoms with Crippen molar-refractivity contribution in [2.24, 2.45) is 0 Å². The van der Waals surface area contributed by atoms with Gasteiger partial charge in [0.05, 0.1) is 10.6 Å². The predicted molar refractivity (Wildman–Crippen MR) is 74.5 cm³/mol. The zero-order valence-corrected chi connectivity index (χ0v) is 11.8. The molecule has 5 heteroatoms. The van der Waals surface area contributed by atoms with Gasteiger partial charge in [-0.25, -0.2) is 9.37 Å². The molecule has 2 rings (SSSR count). The number of hydrogen-bond donors (Lipinski definition) is 2. The van der Waals surface area contributed by atoms with Crippen molar-refractivity contribution in [3.8, 4) is 0 Å². The van der Waals surface area contributed by atoms with Gasteiger partial charge in [-0.05, 0) is 31.5 Å². The van der Waals surface area contributed by atoms with Crippen LogP contribution in [0.4, 0.5) is 4.39 Å². The summed E-state index contributed by atoms with van der Waals surface area (Å²) >= 11 is 1.63. The molecule has 1 heterocycles. The average molecular weight is 280 g/mol. The van der Waals surface area contributed by atoms with Crippen LogP contribution in [0.2, 0.25) is 0 Å². The number of thiazole rings is 1. The summed E-state index contributed by atoms with van der Waals surface area (Å²) in [7, 11) is 0. The van der Waals surface area contributed by atoms with E-state index in [4.69, 9.17) is 0 Å². The Hall–Kier alpha value is -1.30. The van der Waals surface area contributed by atoms with Crippen molar-refractivity contribution in [1.29, 1.82) is 0 Å². The fraction of sp³-hybridized carbons (Fsp3) is 0.357. The van der Waals surface area contributed by atoms with E-state index in [1.54, 1.807) is 30.4 Å². The molecule has 1 atom stereocenters. The predicted octanol–water partition coefficient (Wildman–Crippen LogP) is 2.59. The minimum Gasteiger partial charge on any atom is -0.384 e. The Morgan fingerprint density at radius 3 is 2.63 bits per heavy atom. The summed E-state index contributed by atoms with van der Waals surface area (Å²) in [6.45, 7) is 4.74. The average Bonchev–Trinajstić information content (AvgIpc) is 2.75. The lowest BCUT2D eigenvalue weighted by Gasteiger charge is -2.24. The normalized spacial score (nSPS) is 14.3. The van der Waals surface area contributed by atoms with Crippen LogP contribution in [-0.4, -0.2) is 16.6 Å². The maximum absolute atomic E-state index is 12.8. The lowest BCUT2D eigenvalue weighted by Crippen LogP contribution is -2.35. The van der Waals surface area contributed by atoms with Gasteiger partial charge >= 0.3 is 0 Å². The lowest BCUT2D eigenvalue weighted by molar-refractivity contribution is 0.0567. The van der Waals surface area contributed by atoms with E-state index in [1.165, 1.54) is 12.1 Å². The molecule has 0 spiro atoms. The van der Waals surface area contributed by atoms with Gasteiger partial charge in [0.25, 0.3) is 0 Å². The minimum absolute atomic E-state index is 0.298. The number of aliphatic hydroxyl groups is 1. The Labute approximate surface area is 116 Å². The van der Waals surface area contributed by atoms with Crippen molar-refractivity contribution in [3.63, 3.8) is 0 Å². The van der Waals surface area contributed by atoms with Crippen molar-refractivity contribution in [2.75, 3.05) is 6.54 Å². The summed E-state index contributed by atoms with van der Waals surface area (Å²) in [5, 5.41) is 14.6. The lowest BCUT2D eigenvalue weighted by atomic mass is 9.96. The van der Waals surface area contributed by atoms with E-state index in [-0.39, 0.29) is 5.82 Å². The molecule has 0 saturated carbocycles. The largest absolute Gasteiger partial charge is 0.384 e. The molecule has 1 aromatic carbocycles. The summed E-state index contributed by atoms with van der Waals surface area (Å²) in [6, 6.07) is 5.93. The van der Waals surface area contributed by atoms with Gasteiger partial charge in [-0.15, -0.1) is 11.3 Å². The van der Waals surface area contributed by atoms with E-state index in [1.807, 2.05) is 13.1 Å². The molecule has 0 radical (unpaired) electrons. The van der Waals surface area contributed by atoms with Crippen LogP contribution in [0.5, 0.6) is 0 Å². The third-order valence-corrected chi connectivity index (χ3v) is 3.82. The quantitative estimate of drug-likeness (QED) is 0.885. The summed E-state index contributed by atoms with van der Waals surface area (Å²) < 4.78 is 12.8. The van der Waals surface area contributed by atoms with Crippen LogP contribution in [0.1, 0.15) is 22.4 Å². The number of aromatic nitrogens is 1. The van der Waals surface area contributed by atoms with Gasteiger partial charge in [0.1, 0.15) is 5.82 Å². The van der Waals surface area contributed by atoms with Gasteiger partial charge in [-0.2, -0.15) is 0 Å². The molecule has 1 unspecified atom stereocenters. The molecule has 19 heavy (non-hydrogen) atoms. The first-order valence-corrected chi connectivity index (χ1v) is 6.89. The number of rotatable bonds is 5. The number of nitrogens with zero attached hydrogens (tertiary/aromatic N) is 1. The zero-order valence-electron chi connectivity index (χ0n) is 11.0. The molecule has 1 aromatic heterocycles. The maximum atomic E-state index is 12.8. The second-order valence-electron chi connectivity index (χ2n) is 4.73. The molecule has 0 saturated heterocycles. The highest BCUT2D eigenvalue weighted by atomic mass is 32.1. The van der Waals surface area contributed by atoms with Crippen LogP contribution in [0, 0.1) is 12.7 Å². The van der Waals surface area contributed by atoms with Gasteiger partial charge in [0, 0.05) is 24.2 Å². The number of nitrogens with one attached hydrogen (secondary N) is 1. The van der Waals surface area contributed by atoms with Crippen molar-refractivity contribution >= 4 is 11.3 Å². The molecule has 0 aliphatic carbocycles. The van der Waals surface area contributed by atoms with E-state index < -0.39 is 5.60 Å². The molecule has 0 aliphatic rings. The van der Waals surface area contributed by atoms with E-state index >= 15 is 0 Å².